The van der Waals surface area contributed by atoms with E-state index >= 15 is 0 Å². The molecule has 0 aliphatic rings. The van der Waals surface area contributed by atoms with Crippen molar-refractivity contribution in [1.82, 2.24) is 19.9 Å². The minimum absolute atomic E-state index is 0.457. The van der Waals surface area contributed by atoms with Gasteiger partial charge in [-0.25, -0.2) is 4.98 Å². The topological polar surface area (TPSA) is 45.6 Å². The van der Waals surface area contributed by atoms with Crippen LogP contribution in [0.2, 0.25) is 0 Å². The Morgan fingerprint density at radius 2 is 1.83 bits per heavy atom. The average Bonchev–Trinajstić information content (AvgIpc) is 3.16. The third-order valence-electron chi connectivity index (χ3n) is 4.43. The van der Waals surface area contributed by atoms with E-state index in [1.54, 1.807) is 0 Å². The van der Waals surface area contributed by atoms with E-state index in [4.69, 9.17) is 0 Å². The van der Waals surface area contributed by atoms with Crippen LogP contribution in [0.25, 0.3) is 21.9 Å². The average molecular weight is 318 g/mol. The number of rotatable bonds is 5. The highest BCUT2D eigenvalue weighted by atomic mass is 15.0. The third-order valence-corrected chi connectivity index (χ3v) is 4.43. The maximum absolute atomic E-state index is 4.62. The lowest BCUT2D eigenvalue weighted by molar-refractivity contribution is 0.615. The maximum atomic E-state index is 4.62. The van der Waals surface area contributed by atoms with Crippen molar-refractivity contribution in [3.63, 3.8) is 0 Å². The zero-order valence-corrected chi connectivity index (χ0v) is 14.1. The first-order valence-corrected chi connectivity index (χ1v) is 8.45. The lowest BCUT2D eigenvalue weighted by Gasteiger charge is -2.08. The molecule has 4 rings (SSSR count). The highest BCUT2D eigenvalue weighted by Crippen LogP contribution is 2.24. The molecule has 4 heteroatoms. The summed E-state index contributed by atoms with van der Waals surface area (Å²) < 4.78 is 2.34. The molecule has 24 heavy (non-hydrogen) atoms. The van der Waals surface area contributed by atoms with Gasteiger partial charge in [0.05, 0.1) is 17.6 Å². The Labute approximate surface area is 141 Å². The van der Waals surface area contributed by atoms with Gasteiger partial charge in [-0.15, -0.1) is 0 Å². The lowest BCUT2D eigenvalue weighted by atomic mass is 10.2. The Morgan fingerprint density at radius 1 is 1.04 bits per heavy atom. The molecule has 122 valence electrons. The van der Waals surface area contributed by atoms with Crippen LogP contribution in [0.1, 0.15) is 31.3 Å². The van der Waals surface area contributed by atoms with E-state index in [0.29, 0.717) is 6.04 Å². The first kappa shape index (κ1) is 15.0. The summed E-state index contributed by atoms with van der Waals surface area (Å²) in [5.41, 5.74) is 4.74. The molecule has 0 spiro atoms. The predicted octanol–water partition coefficient (Wildman–Crippen LogP) is 4.39. The van der Waals surface area contributed by atoms with Crippen molar-refractivity contribution in [2.45, 2.75) is 33.0 Å². The number of imidazole rings is 1. The Balaban J connectivity index is 1.52. The van der Waals surface area contributed by atoms with Gasteiger partial charge in [-0.3, -0.25) is 0 Å². The molecule has 0 radical (unpaired) electrons. The summed E-state index contributed by atoms with van der Waals surface area (Å²) in [6, 6.07) is 17.2. The van der Waals surface area contributed by atoms with E-state index in [0.717, 1.165) is 29.9 Å². The fourth-order valence-electron chi connectivity index (χ4n) is 3.25. The molecule has 0 amide bonds. The molecule has 4 aromatic rings. The normalized spacial score (nSPS) is 11.8. The number of aromatic nitrogens is 3. The van der Waals surface area contributed by atoms with Gasteiger partial charge in [-0.2, -0.15) is 0 Å². The van der Waals surface area contributed by atoms with Gasteiger partial charge < -0.3 is 14.9 Å². The number of para-hydroxylation sites is 3. The molecule has 0 saturated heterocycles. The standard InChI is InChI=1S/C20H22N4/c1-14(2)24-13-15(16-7-3-6-10-19(16)24)11-21-12-20-22-17-8-4-5-9-18(17)23-20/h3-10,13-14,21H,11-12H2,1-2H3,(H,22,23). The summed E-state index contributed by atoms with van der Waals surface area (Å²) in [7, 11) is 0. The van der Waals surface area contributed by atoms with E-state index in [2.05, 4.69) is 70.2 Å². The van der Waals surface area contributed by atoms with Gasteiger partial charge in [0.15, 0.2) is 0 Å². The molecule has 0 fully saturated rings. The molecule has 0 aliphatic carbocycles. The summed E-state index contributed by atoms with van der Waals surface area (Å²) >= 11 is 0. The van der Waals surface area contributed by atoms with Crippen molar-refractivity contribution in [3.8, 4) is 0 Å². The van der Waals surface area contributed by atoms with E-state index in [1.807, 2.05) is 18.2 Å². The van der Waals surface area contributed by atoms with Crippen molar-refractivity contribution < 1.29 is 0 Å². The van der Waals surface area contributed by atoms with Crippen LogP contribution >= 0.6 is 0 Å². The highest BCUT2D eigenvalue weighted by molar-refractivity contribution is 5.84. The SMILES string of the molecule is CC(C)n1cc(CNCc2nc3ccccc3[nH]2)c2ccccc21. The van der Waals surface area contributed by atoms with Crippen molar-refractivity contribution >= 4 is 21.9 Å². The first-order chi connectivity index (χ1) is 11.7. The van der Waals surface area contributed by atoms with Crippen LogP contribution < -0.4 is 5.32 Å². The molecular formula is C20H22N4. The number of H-pyrrole nitrogens is 1. The predicted molar refractivity (Wildman–Crippen MR) is 99.0 cm³/mol. The van der Waals surface area contributed by atoms with E-state index in [-0.39, 0.29) is 0 Å². The lowest BCUT2D eigenvalue weighted by Crippen LogP contribution is -2.13. The van der Waals surface area contributed by atoms with Gasteiger partial charge in [-0.05, 0) is 37.6 Å². The second-order valence-electron chi connectivity index (χ2n) is 6.48. The minimum atomic E-state index is 0.457. The number of hydrogen-bond donors (Lipinski definition) is 2. The Bertz CT molecular complexity index is 945. The molecule has 0 atom stereocenters. The van der Waals surface area contributed by atoms with Crippen LogP contribution in [0.4, 0.5) is 0 Å². The van der Waals surface area contributed by atoms with Crippen molar-refractivity contribution in [2.24, 2.45) is 0 Å². The van der Waals surface area contributed by atoms with Crippen LogP contribution in [0.3, 0.4) is 0 Å². The smallest absolute Gasteiger partial charge is 0.121 e. The van der Waals surface area contributed by atoms with Gasteiger partial charge in [0, 0.05) is 29.7 Å². The molecular weight excluding hydrogens is 296 g/mol. The van der Waals surface area contributed by atoms with E-state index in [1.165, 1.54) is 16.5 Å². The molecule has 2 aromatic heterocycles. The Kier molecular flexibility index (Phi) is 3.82. The zero-order valence-electron chi connectivity index (χ0n) is 14.1. The highest BCUT2D eigenvalue weighted by Gasteiger charge is 2.10. The van der Waals surface area contributed by atoms with Crippen LogP contribution in [-0.4, -0.2) is 14.5 Å². The Morgan fingerprint density at radius 3 is 2.67 bits per heavy atom. The van der Waals surface area contributed by atoms with Crippen LogP contribution in [0.15, 0.2) is 54.7 Å². The largest absolute Gasteiger partial charge is 0.345 e. The molecule has 2 heterocycles. The molecule has 0 aliphatic heterocycles. The zero-order chi connectivity index (χ0) is 16.5. The molecule has 2 aromatic carbocycles. The molecule has 0 bridgehead atoms. The number of fused-ring (bicyclic) bond motifs is 2. The summed E-state index contributed by atoms with van der Waals surface area (Å²) in [4.78, 5) is 7.98. The van der Waals surface area contributed by atoms with Gasteiger partial charge in [0.1, 0.15) is 5.82 Å². The van der Waals surface area contributed by atoms with Crippen LogP contribution in [-0.2, 0) is 13.1 Å². The summed E-state index contributed by atoms with van der Waals surface area (Å²) in [6.45, 7) is 6.00. The number of hydrogen-bond acceptors (Lipinski definition) is 2. The molecule has 2 N–H and O–H groups in total. The Hall–Kier alpha value is -2.59. The van der Waals surface area contributed by atoms with Crippen molar-refractivity contribution in [2.75, 3.05) is 0 Å². The fourth-order valence-corrected chi connectivity index (χ4v) is 3.25. The van der Waals surface area contributed by atoms with Gasteiger partial charge in [-0.1, -0.05) is 30.3 Å². The van der Waals surface area contributed by atoms with E-state index < -0.39 is 0 Å². The molecule has 0 saturated carbocycles. The van der Waals surface area contributed by atoms with Crippen molar-refractivity contribution in [1.29, 1.82) is 0 Å². The summed E-state index contributed by atoms with van der Waals surface area (Å²) in [5, 5.41) is 4.84. The molecule has 4 nitrogen and oxygen atoms in total. The second kappa shape index (κ2) is 6.13. The number of aromatic amines is 1. The minimum Gasteiger partial charge on any atom is -0.345 e. The third kappa shape index (κ3) is 2.69. The fraction of sp³-hybridized carbons (Fsp3) is 0.250. The first-order valence-electron chi connectivity index (χ1n) is 8.45. The van der Waals surface area contributed by atoms with Gasteiger partial charge >= 0.3 is 0 Å². The maximum Gasteiger partial charge on any atom is 0.121 e. The monoisotopic (exact) mass is 318 g/mol. The number of nitrogens with zero attached hydrogens (tertiary/aromatic N) is 2. The van der Waals surface area contributed by atoms with Crippen LogP contribution in [0, 0.1) is 0 Å². The molecule has 0 unspecified atom stereocenters. The number of nitrogens with one attached hydrogen (secondary N) is 2. The van der Waals surface area contributed by atoms with Gasteiger partial charge in [0.25, 0.3) is 0 Å². The number of benzene rings is 2. The second-order valence-corrected chi connectivity index (χ2v) is 6.48. The van der Waals surface area contributed by atoms with Crippen molar-refractivity contribution in [3.05, 3.63) is 66.1 Å². The van der Waals surface area contributed by atoms with E-state index in [9.17, 15) is 0 Å². The van der Waals surface area contributed by atoms with Crippen LogP contribution in [0.5, 0.6) is 0 Å². The quantitative estimate of drug-likeness (QED) is 0.573. The van der Waals surface area contributed by atoms with Gasteiger partial charge in [0.2, 0.25) is 0 Å². The summed E-state index contributed by atoms with van der Waals surface area (Å²) in [5.74, 6) is 0.976. The summed E-state index contributed by atoms with van der Waals surface area (Å²) in [6.07, 6.45) is 2.26.